The van der Waals surface area contributed by atoms with Crippen LogP contribution in [0.4, 0.5) is 0 Å². The van der Waals surface area contributed by atoms with Gasteiger partial charge in [0, 0.05) is 24.9 Å². The number of fused-ring (bicyclic) bond motifs is 2. The van der Waals surface area contributed by atoms with Crippen LogP contribution >= 0.6 is 23.2 Å². The zero-order valence-corrected chi connectivity index (χ0v) is 16.3. The van der Waals surface area contributed by atoms with E-state index in [1.807, 2.05) is 13.0 Å². The van der Waals surface area contributed by atoms with Crippen LogP contribution in [0.25, 0.3) is 10.9 Å². The Morgan fingerprint density at radius 1 is 1.19 bits per heavy atom. The minimum absolute atomic E-state index is 0.00145. The second-order valence-corrected chi connectivity index (χ2v) is 7.84. The van der Waals surface area contributed by atoms with Crippen LogP contribution in [0, 0.1) is 0 Å². The quantitative estimate of drug-likeness (QED) is 0.577. The smallest absolute Gasteiger partial charge is 0.261 e. The lowest BCUT2D eigenvalue weighted by Gasteiger charge is -2.12. The molecule has 0 radical (unpaired) electrons. The average molecular weight is 401 g/mol. The number of carbonyl (C=O) groups excluding carboxylic acids is 1. The summed E-state index contributed by atoms with van der Waals surface area (Å²) < 4.78 is 1.73. The predicted octanol–water partition coefficient (Wildman–Crippen LogP) is 5.03. The molecule has 4 nitrogen and oxygen atoms in total. The predicted molar refractivity (Wildman–Crippen MR) is 108 cm³/mol. The largest absolute Gasteiger partial charge is 0.296 e. The fourth-order valence-corrected chi connectivity index (χ4v) is 3.90. The summed E-state index contributed by atoms with van der Waals surface area (Å²) in [5, 5.41) is 1.55. The van der Waals surface area contributed by atoms with E-state index in [0.717, 1.165) is 30.8 Å². The molecule has 0 saturated carbocycles. The number of hydrogen-bond acceptors (Lipinski definition) is 3. The first kappa shape index (κ1) is 18.2. The molecule has 0 aliphatic carbocycles. The van der Waals surface area contributed by atoms with Crippen molar-refractivity contribution < 1.29 is 4.79 Å². The number of halogens is 2. The number of nitrogens with zero attached hydrogens (tertiary/aromatic N) is 2. The molecule has 1 atom stereocenters. The highest BCUT2D eigenvalue weighted by atomic mass is 35.5. The monoisotopic (exact) mass is 400 g/mol. The van der Waals surface area contributed by atoms with Gasteiger partial charge in [0.1, 0.15) is 5.82 Å². The van der Waals surface area contributed by atoms with Crippen LogP contribution in [0.2, 0.25) is 10.0 Å². The first-order valence-corrected chi connectivity index (χ1v) is 9.71. The van der Waals surface area contributed by atoms with Gasteiger partial charge in [-0.2, -0.15) is 0 Å². The van der Waals surface area contributed by atoms with Crippen molar-refractivity contribution in [3.63, 3.8) is 0 Å². The van der Waals surface area contributed by atoms with Crippen molar-refractivity contribution >= 4 is 39.9 Å². The summed E-state index contributed by atoms with van der Waals surface area (Å²) in [6, 6.07) is 10.6. The van der Waals surface area contributed by atoms with Crippen LogP contribution in [0.1, 0.15) is 47.4 Å². The molecule has 1 aliphatic heterocycles. The summed E-state index contributed by atoms with van der Waals surface area (Å²) in [5.74, 6) is 0.820. The van der Waals surface area contributed by atoms with Crippen molar-refractivity contribution in [2.24, 2.45) is 0 Å². The van der Waals surface area contributed by atoms with Crippen molar-refractivity contribution in [1.29, 1.82) is 0 Å². The van der Waals surface area contributed by atoms with E-state index in [1.54, 1.807) is 34.9 Å². The van der Waals surface area contributed by atoms with Crippen molar-refractivity contribution in [2.75, 3.05) is 0 Å². The van der Waals surface area contributed by atoms with E-state index in [9.17, 15) is 9.59 Å². The maximum absolute atomic E-state index is 12.8. The lowest BCUT2D eigenvalue weighted by molar-refractivity contribution is 0.0976. The molecular formula is C21H18Cl2N2O2. The van der Waals surface area contributed by atoms with E-state index in [-0.39, 0.29) is 17.3 Å². The number of hydrogen-bond donors (Lipinski definition) is 0. The van der Waals surface area contributed by atoms with Crippen molar-refractivity contribution in [2.45, 2.75) is 38.6 Å². The molecule has 0 spiro atoms. The number of carbonyl (C=O) groups is 1. The fourth-order valence-electron chi connectivity index (χ4n) is 3.59. The summed E-state index contributed by atoms with van der Waals surface area (Å²) in [5.41, 5.74) is 2.12. The molecular weight excluding hydrogens is 383 g/mol. The van der Waals surface area contributed by atoms with E-state index < -0.39 is 0 Å². The second kappa shape index (κ2) is 7.10. The molecule has 6 heteroatoms. The molecule has 138 valence electrons. The first-order valence-electron chi connectivity index (χ1n) is 8.95. The number of aryl methyl sites for hydroxylation is 1. The average Bonchev–Trinajstić information content (AvgIpc) is 3.12. The lowest BCUT2D eigenvalue weighted by Crippen LogP contribution is -2.21. The first-order chi connectivity index (χ1) is 12.9. The molecule has 0 saturated heterocycles. The van der Waals surface area contributed by atoms with Crippen molar-refractivity contribution in [3.8, 4) is 0 Å². The molecule has 2 heterocycles. The van der Waals surface area contributed by atoms with Gasteiger partial charge >= 0.3 is 0 Å². The highest BCUT2D eigenvalue weighted by Gasteiger charge is 2.18. The van der Waals surface area contributed by atoms with Gasteiger partial charge in [-0.3, -0.25) is 14.2 Å². The molecule has 4 rings (SSSR count). The van der Waals surface area contributed by atoms with E-state index in [2.05, 4.69) is 4.98 Å². The highest BCUT2D eigenvalue weighted by Crippen LogP contribution is 2.29. The third-order valence-electron chi connectivity index (χ3n) is 5.14. The van der Waals surface area contributed by atoms with Crippen LogP contribution in [-0.2, 0) is 13.0 Å². The Bertz CT molecular complexity index is 1120. The van der Waals surface area contributed by atoms with E-state index in [1.165, 1.54) is 0 Å². The number of aromatic nitrogens is 2. The zero-order valence-electron chi connectivity index (χ0n) is 14.8. The molecule has 3 aromatic rings. The minimum Gasteiger partial charge on any atom is -0.296 e. The van der Waals surface area contributed by atoms with Gasteiger partial charge in [-0.05, 0) is 42.2 Å². The van der Waals surface area contributed by atoms with Crippen molar-refractivity contribution in [3.05, 3.63) is 73.7 Å². The fraction of sp³-hybridized carbons (Fsp3) is 0.286. The molecule has 27 heavy (non-hydrogen) atoms. The van der Waals surface area contributed by atoms with Gasteiger partial charge < -0.3 is 0 Å². The summed E-state index contributed by atoms with van der Waals surface area (Å²) in [4.78, 5) is 29.9. The van der Waals surface area contributed by atoms with Crippen molar-refractivity contribution in [1.82, 2.24) is 9.55 Å². The lowest BCUT2D eigenvalue weighted by atomic mass is 9.93. The Hall–Kier alpha value is -2.17. The Morgan fingerprint density at radius 3 is 2.78 bits per heavy atom. The number of benzene rings is 2. The van der Waals surface area contributed by atoms with Gasteiger partial charge in [-0.15, -0.1) is 0 Å². The van der Waals surface area contributed by atoms with Crippen LogP contribution < -0.4 is 5.56 Å². The van der Waals surface area contributed by atoms with Gasteiger partial charge in [0.15, 0.2) is 5.78 Å². The summed E-state index contributed by atoms with van der Waals surface area (Å²) in [7, 11) is 0. The second-order valence-electron chi connectivity index (χ2n) is 7.02. The third-order valence-corrected chi connectivity index (χ3v) is 5.88. The van der Waals surface area contributed by atoms with Crippen LogP contribution in [0.3, 0.4) is 0 Å². The van der Waals surface area contributed by atoms with Gasteiger partial charge in [0.25, 0.3) is 5.56 Å². The Labute approximate surface area is 166 Å². The van der Waals surface area contributed by atoms with E-state index in [0.29, 0.717) is 32.9 Å². The molecule has 0 bridgehead atoms. The molecule has 0 amide bonds. The third kappa shape index (κ3) is 3.40. The molecule has 1 aliphatic rings. The van der Waals surface area contributed by atoms with Gasteiger partial charge in [-0.25, -0.2) is 4.98 Å². The van der Waals surface area contributed by atoms with Crippen LogP contribution in [0.15, 0.2) is 41.2 Å². The molecule has 1 unspecified atom stereocenters. The van der Waals surface area contributed by atoms with E-state index >= 15 is 0 Å². The Balaban J connectivity index is 1.61. The van der Waals surface area contributed by atoms with Gasteiger partial charge in [-0.1, -0.05) is 42.3 Å². The van der Waals surface area contributed by atoms with Crippen LogP contribution in [-0.4, -0.2) is 15.3 Å². The molecule has 0 fully saturated rings. The minimum atomic E-state index is -0.0179. The van der Waals surface area contributed by atoms with Gasteiger partial charge in [0.2, 0.25) is 0 Å². The summed E-state index contributed by atoms with van der Waals surface area (Å²) in [6.45, 7) is 2.70. The Kier molecular flexibility index (Phi) is 4.79. The maximum Gasteiger partial charge on any atom is 0.261 e. The zero-order chi connectivity index (χ0) is 19.1. The standard InChI is InChI=1S/C21H18Cl2N2O2/c1-12(13-5-7-16(22)17(23)10-13)9-19(26)14-4-6-15-18(11-14)24-20-3-2-8-25(20)21(15)27/h4-7,10-12H,2-3,8-9H2,1H3. The summed E-state index contributed by atoms with van der Waals surface area (Å²) >= 11 is 12.0. The summed E-state index contributed by atoms with van der Waals surface area (Å²) in [6.07, 6.45) is 2.08. The Morgan fingerprint density at radius 2 is 2.00 bits per heavy atom. The normalized spacial score (nSPS) is 14.3. The molecule has 0 N–H and O–H groups in total. The van der Waals surface area contributed by atoms with E-state index in [4.69, 9.17) is 23.2 Å². The highest BCUT2D eigenvalue weighted by molar-refractivity contribution is 6.42. The maximum atomic E-state index is 12.8. The number of ketones is 1. The molecule has 2 aromatic carbocycles. The molecule has 1 aromatic heterocycles. The SMILES string of the molecule is CC(CC(=O)c1ccc2c(=O)n3c(nc2c1)CCC3)c1ccc(Cl)c(Cl)c1. The van der Waals surface area contributed by atoms with Gasteiger partial charge in [0.05, 0.1) is 20.9 Å². The topological polar surface area (TPSA) is 52.0 Å². The number of Topliss-reactive ketones (excluding diaryl/α,β-unsaturated/α-hetero) is 1. The van der Waals surface area contributed by atoms with Crippen LogP contribution in [0.5, 0.6) is 0 Å². The number of rotatable bonds is 4.